The number of hydrogen-bond acceptors (Lipinski definition) is 8. The number of fused-ring (bicyclic) bond motifs is 1. The number of imidazole rings is 1. The van der Waals surface area contributed by atoms with Gasteiger partial charge < -0.3 is 24.9 Å². The number of methoxy groups -OCH3 is 1. The number of alkyl carbamates (subject to hydrolysis) is 1. The first-order chi connectivity index (χ1) is 18.8. The van der Waals surface area contributed by atoms with Crippen molar-refractivity contribution in [3.8, 4) is 0 Å². The van der Waals surface area contributed by atoms with Gasteiger partial charge in [0.15, 0.2) is 15.7 Å². The number of rotatable bonds is 11. The zero-order valence-corrected chi connectivity index (χ0v) is 23.8. The Kier molecular flexibility index (Phi) is 9.79. The van der Waals surface area contributed by atoms with Crippen LogP contribution in [0.4, 0.5) is 14.9 Å². The van der Waals surface area contributed by atoms with E-state index in [1.807, 2.05) is 13.8 Å². The summed E-state index contributed by atoms with van der Waals surface area (Å²) in [4.78, 5) is 49.7. The summed E-state index contributed by atoms with van der Waals surface area (Å²) in [6, 6.07) is 1.95. The first-order valence-corrected chi connectivity index (χ1v) is 14.5. The average Bonchev–Trinajstić information content (AvgIpc) is 3.31. The zero-order chi connectivity index (χ0) is 29.6. The van der Waals surface area contributed by atoms with Gasteiger partial charge in [-0.3, -0.25) is 14.6 Å². The van der Waals surface area contributed by atoms with Gasteiger partial charge in [-0.2, -0.15) is 0 Å². The third kappa shape index (κ3) is 7.97. The van der Waals surface area contributed by atoms with Crippen LogP contribution in [0, 0.1) is 18.7 Å². The van der Waals surface area contributed by atoms with Gasteiger partial charge in [-0.05, 0) is 44.2 Å². The number of anilines is 1. The summed E-state index contributed by atoms with van der Waals surface area (Å²) in [7, 11) is -2.21. The number of allylic oxidation sites excluding steroid dienone is 1. The molecule has 216 valence electrons. The Bertz CT molecular complexity index is 1590. The molecule has 0 aliphatic rings. The fraction of sp³-hybridized carbons (Fsp3) is 0.423. The van der Waals surface area contributed by atoms with E-state index in [9.17, 15) is 27.2 Å². The second kappa shape index (κ2) is 12.9. The number of carbonyl (C=O) groups excluding carboxylic acids is 2. The Labute approximate surface area is 231 Å². The van der Waals surface area contributed by atoms with Crippen LogP contribution in [0.3, 0.4) is 0 Å². The first kappa shape index (κ1) is 30.5. The molecular weight excluding hydrogens is 543 g/mol. The first-order valence-electron chi connectivity index (χ1n) is 12.5. The summed E-state index contributed by atoms with van der Waals surface area (Å²) in [6.45, 7) is 5.73. The summed E-state index contributed by atoms with van der Waals surface area (Å²) in [5.41, 5.74) is 1.26. The topological polar surface area (TPSA) is 165 Å². The Morgan fingerprint density at radius 1 is 1.27 bits per heavy atom. The summed E-state index contributed by atoms with van der Waals surface area (Å²) in [5.74, 6) is -0.652. The number of nitrogens with one attached hydrogen (secondary N) is 3. The molecule has 1 unspecified atom stereocenters. The Morgan fingerprint density at radius 3 is 2.65 bits per heavy atom. The van der Waals surface area contributed by atoms with Crippen LogP contribution >= 0.6 is 0 Å². The number of carbonyl (C=O) groups is 2. The lowest BCUT2D eigenvalue weighted by Gasteiger charge is -2.18. The van der Waals surface area contributed by atoms with Crippen molar-refractivity contribution in [2.45, 2.75) is 52.6 Å². The van der Waals surface area contributed by atoms with Crippen LogP contribution in [0.5, 0.6) is 0 Å². The second-order valence-corrected chi connectivity index (χ2v) is 11.7. The van der Waals surface area contributed by atoms with Crippen LogP contribution in [-0.2, 0) is 32.3 Å². The summed E-state index contributed by atoms with van der Waals surface area (Å²) in [6.07, 6.45) is 3.49. The Hall–Kier alpha value is -4.07. The van der Waals surface area contributed by atoms with Crippen molar-refractivity contribution in [2.24, 2.45) is 5.92 Å². The molecular formula is C26H33FN6O6S. The number of amides is 2. The highest BCUT2D eigenvalue weighted by Crippen LogP contribution is 2.21. The van der Waals surface area contributed by atoms with Crippen LogP contribution < -0.4 is 16.2 Å². The summed E-state index contributed by atoms with van der Waals surface area (Å²) in [5, 5.41) is 5.92. The molecule has 0 aliphatic carbocycles. The average molecular weight is 577 g/mol. The van der Waals surface area contributed by atoms with Crippen molar-refractivity contribution in [1.29, 1.82) is 0 Å². The zero-order valence-electron chi connectivity index (χ0n) is 22.9. The van der Waals surface area contributed by atoms with Crippen LogP contribution in [-0.4, -0.2) is 59.3 Å². The van der Waals surface area contributed by atoms with E-state index in [2.05, 4.69) is 30.3 Å². The molecule has 3 aromatic heterocycles. The van der Waals surface area contributed by atoms with E-state index in [0.717, 1.165) is 25.0 Å². The molecule has 0 spiro atoms. The normalized spacial score (nSPS) is 12.7. The molecule has 0 aliphatic heterocycles. The molecule has 0 saturated carbocycles. The van der Waals surface area contributed by atoms with Gasteiger partial charge in [0.1, 0.15) is 23.1 Å². The number of aromatic nitrogens is 4. The SMILES string of the molecule is COC(=O)NC(CC/C=C/S(C)(=O)=O)C(=O)Nc1ccc(C)n(Cc2nc3c(F)cnc(CC(C)C)c3[nH]2)c1=O. The van der Waals surface area contributed by atoms with E-state index in [1.54, 1.807) is 13.0 Å². The van der Waals surface area contributed by atoms with Gasteiger partial charge >= 0.3 is 6.09 Å². The molecule has 0 saturated heterocycles. The molecule has 0 radical (unpaired) electrons. The number of nitrogens with zero attached hydrogens (tertiary/aromatic N) is 3. The molecule has 1 atom stereocenters. The van der Waals surface area contributed by atoms with E-state index < -0.39 is 39.3 Å². The van der Waals surface area contributed by atoms with Gasteiger partial charge in [-0.1, -0.05) is 19.9 Å². The van der Waals surface area contributed by atoms with Crippen LogP contribution in [0.15, 0.2) is 34.6 Å². The van der Waals surface area contributed by atoms with Crippen molar-refractivity contribution < 1.29 is 27.1 Å². The minimum absolute atomic E-state index is 0.0241. The van der Waals surface area contributed by atoms with E-state index >= 15 is 0 Å². The van der Waals surface area contributed by atoms with Crippen molar-refractivity contribution in [3.05, 3.63) is 63.2 Å². The maximum absolute atomic E-state index is 14.4. The Balaban J connectivity index is 1.86. The molecule has 3 aromatic rings. The quantitative estimate of drug-likeness (QED) is 0.313. The van der Waals surface area contributed by atoms with Gasteiger partial charge in [0.25, 0.3) is 5.56 Å². The predicted molar refractivity (Wildman–Crippen MR) is 148 cm³/mol. The van der Waals surface area contributed by atoms with Crippen molar-refractivity contribution in [3.63, 3.8) is 0 Å². The van der Waals surface area contributed by atoms with Crippen molar-refractivity contribution in [2.75, 3.05) is 18.7 Å². The van der Waals surface area contributed by atoms with Gasteiger partial charge in [0.2, 0.25) is 5.91 Å². The van der Waals surface area contributed by atoms with Gasteiger partial charge in [0, 0.05) is 17.4 Å². The van der Waals surface area contributed by atoms with Crippen molar-refractivity contribution >= 4 is 38.6 Å². The summed E-state index contributed by atoms with van der Waals surface area (Å²) < 4.78 is 43.0. The molecule has 0 bridgehead atoms. The lowest BCUT2D eigenvalue weighted by Crippen LogP contribution is -2.44. The minimum Gasteiger partial charge on any atom is -0.453 e. The third-order valence-corrected chi connectivity index (χ3v) is 6.61. The highest BCUT2D eigenvalue weighted by molar-refractivity contribution is 7.93. The minimum atomic E-state index is -3.35. The second-order valence-electron chi connectivity index (χ2n) is 9.79. The lowest BCUT2D eigenvalue weighted by molar-refractivity contribution is -0.118. The molecule has 0 fully saturated rings. The van der Waals surface area contributed by atoms with Crippen LogP contribution in [0.25, 0.3) is 11.0 Å². The maximum atomic E-state index is 14.4. The third-order valence-electron chi connectivity index (χ3n) is 5.92. The molecule has 12 nitrogen and oxygen atoms in total. The number of pyridine rings is 2. The number of ether oxygens (including phenoxy) is 1. The number of aryl methyl sites for hydroxylation is 1. The van der Waals surface area contributed by atoms with E-state index in [-0.39, 0.29) is 36.5 Å². The van der Waals surface area contributed by atoms with E-state index in [1.165, 1.54) is 16.7 Å². The highest BCUT2D eigenvalue weighted by Gasteiger charge is 2.22. The smallest absolute Gasteiger partial charge is 0.407 e. The standard InChI is InChI=1S/C26H33FN6O6S/c1-15(2)12-20-23-22(17(27)13-28-20)31-21(32-23)14-33-16(3)9-10-19(25(33)35)29-24(34)18(30-26(36)39-4)8-6-7-11-40(5,37)38/h7,9-11,13,15,18H,6,8,12,14H2,1-5H3,(H,29,34)(H,30,36)(H,31,32)/b11-7+. The predicted octanol–water partition coefficient (Wildman–Crippen LogP) is 2.82. The van der Waals surface area contributed by atoms with E-state index in [4.69, 9.17) is 0 Å². The number of H-pyrrole nitrogens is 1. The van der Waals surface area contributed by atoms with Gasteiger partial charge in [0.05, 0.1) is 31.1 Å². The molecule has 40 heavy (non-hydrogen) atoms. The number of aromatic amines is 1. The molecule has 3 rings (SSSR count). The number of halogens is 1. The Morgan fingerprint density at radius 2 is 2.00 bits per heavy atom. The molecule has 14 heteroatoms. The maximum Gasteiger partial charge on any atom is 0.407 e. The monoisotopic (exact) mass is 576 g/mol. The van der Waals surface area contributed by atoms with E-state index in [0.29, 0.717) is 29.1 Å². The fourth-order valence-corrected chi connectivity index (χ4v) is 4.47. The van der Waals surface area contributed by atoms with Crippen molar-refractivity contribution in [1.82, 2.24) is 24.8 Å². The lowest BCUT2D eigenvalue weighted by atomic mass is 10.1. The van der Waals surface area contributed by atoms with Gasteiger partial charge in [-0.25, -0.2) is 22.6 Å². The van der Waals surface area contributed by atoms with Crippen LogP contribution in [0.1, 0.15) is 43.9 Å². The van der Waals surface area contributed by atoms with Gasteiger partial charge in [-0.15, -0.1) is 0 Å². The number of hydrogen-bond donors (Lipinski definition) is 3. The molecule has 2 amide bonds. The molecule has 3 heterocycles. The summed E-state index contributed by atoms with van der Waals surface area (Å²) >= 11 is 0. The molecule has 3 N–H and O–H groups in total. The fourth-order valence-electron chi connectivity index (χ4n) is 3.99. The largest absolute Gasteiger partial charge is 0.453 e. The number of sulfone groups is 1. The van der Waals surface area contributed by atoms with Crippen LogP contribution in [0.2, 0.25) is 0 Å². The highest BCUT2D eigenvalue weighted by atomic mass is 32.2. The molecule has 0 aromatic carbocycles.